The topological polar surface area (TPSA) is 122 Å². The van der Waals surface area contributed by atoms with Crippen molar-refractivity contribution in [1.29, 1.82) is 0 Å². The summed E-state index contributed by atoms with van der Waals surface area (Å²) >= 11 is 0. The minimum absolute atomic E-state index is 0.0627. The number of rotatable bonds is 10. The van der Waals surface area contributed by atoms with E-state index in [1.54, 1.807) is 13.8 Å². The average Bonchev–Trinajstić information content (AvgIpc) is 2.42. The van der Waals surface area contributed by atoms with E-state index < -0.39 is 31.9 Å². The Morgan fingerprint density at radius 1 is 1.17 bits per heavy atom. The summed E-state index contributed by atoms with van der Waals surface area (Å²) < 4.78 is 21.4. The van der Waals surface area contributed by atoms with E-state index in [1.807, 2.05) is 6.92 Å². The maximum absolute atomic E-state index is 11.8. The van der Waals surface area contributed by atoms with Gasteiger partial charge in [0, 0.05) is 25.7 Å². The van der Waals surface area contributed by atoms with E-state index in [0.29, 0.717) is 6.42 Å². The summed E-state index contributed by atoms with van der Waals surface area (Å²) in [5.74, 6) is -0.862. The van der Waals surface area contributed by atoms with E-state index >= 15 is 0 Å². The molecular weight excluding hydrogens is 325 g/mol. The van der Waals surface area contributed by atoms with Crippen LogP contribution in [0.25, 0.3) is 0 Å². The smallest absolute Gasteiger partial charge is 0.412 e. The molecule has 136 valence electrons. The molecule has 0 aliphatic rings. The van der Waals surface area contributed by atoms with Crippen molar-refractivity contribution >= 4 is 19.4 Å². The van der Waals surface area contributed by atoms with Crippen molar-refractivity contribution in [3.63, 3.8) is 0 Å². The van der Waals surface area contributed by atoms with Crippen LogP contribution in [0.2, 0.25) is 0 Å². The highest BCUT2D eigenvalue weighted by Crippen LogP contribution is 2.42. The average molecular weight is 353 g/mol. The van der Waals surface area contributed by atoms with Gasteiger partial charge in [0.25, 0.3) is 0 Å². The summed E-state index contributed by atoms with van der Waals surface area (Å²) in [5.41, 5.74) is 0. The fraction of sp³-hybridized carbons (Fsp3) is 0.857. The van der Waals surface area contributed by atoms with Gasteiger partial charge in [-0.05, 0) is 6.42 Å². The van der Waals surface area contributed by atoms with Crippen LogP contribution >= 0.6 is 7.37 Å². The van der Waals surface area contributed by atoms with Crippen molar-refractivity contribution < 1.29 is 33.6 Å². The number of hydrogen-bond acceptors (Lipinski definition) is 6. The van der Waals surface area contributed by atoms with Crippen LogP contribution in [0.3, 0.4) is 0 Å². The van der Waals surface area contributed by atoms with Gasteiger partial charge in [0.1, 0.15) is 6.23 Å². The van der Waals surface area contributed by atoms with Gasteiger partial charge in [0.05, 0.1) is 5.92 Å². The van der Waals surface area contributed by atoms with Crippen LogP contribution in [-0.4, -0.2) is 46.9 Å². The third-order valence-corrected chi connectivity index (χ3v) is 4.90. The van der Waals surface area contributed by atoms with Crippen LogP contribution in [0.5, 0.6) is 0 Å². The third-order valence-electron chi connectivity index (χ3n) is 2.92. The highest BCUT2D eigenvalue weighted by Gasteiger charge is 2.21. The number of ether oxygens (including phenoxy) is 2. The molecule has 8 nitrogen and oxygen atoms in total. The summed E-state index contributed by atoms with van der Waals surface area (Å²) in [6.07, 6.45) is -1.88. The van der Waals surface area contributed by atoms with Crippen molar-refractivity contribution in [2.45, 2.75) is 59.5 Å². The second kappa shape index (κ2) is 10.6. The zero-order valence-electron chi connectivity index (χ0n) is 14.2. The summed E-state index contributed by atoms with van der Waals surface area (Å²) in [6.45, 7) is 6.58. The molecular formula is C14H28NO7P. The van der Waals surface area contributed by atoms with Crippen molar-refractivity contribution in [3.05, 3.63) is 0 Å². The lowest BCUT2D eigenvalue weighted by Gasteiger charge is -2.18. The van der Waals surface area contributed by atoms with Crippen LogP contribution in [0, 0.1) is 5.92 Å². The number of aliphatic hydroxyl groups excluding tert-OH is 1. The van der Waals surface area contributed by atoms with E-state index in [2.05, 4.69) is 5.32 Å². The first kappa shape index (κ1) is 21.9. The molecule has 3 atom stereocenters. The summed E-state index contributed by atoms with van der Waals surface area (Å²) in [7, 11) is -3.29. The van der Waals surface area contributed by atoms with E-state index in [1.165, 1.54) is 6.92 Å². The van der Waals surface area contributed by atoms with Crippen LogP contribution in [-0.2, 0) is 18.8 Å². The molecule has 3 unspecified atom stereocenters. The Hall–Kier alpha value is -1.11. The Labute approximate surface area is 137 Å². The van der Waals surface area contributed by atoms with E-state index in [9.17, 15) is 24.2 Å². The Morgan fingerprint density at radius 2 is 1.78 bits per heavy atom. The minimum atomic E-state index is -3.29. The lowest BCUT2D eigenvalue weighted by Crippen LogP contribution is -2.38. The molecule has 0 spiro atoms. The van der Waals surface area contributed by atoms with E-state index in [-0.39, 0.29) is 24.7 Å². The molecule has 0 aliphatic heterocycles. The Kier molecular flexibility index (Phi) is 10.1. The number of alkyl carbamates (subject to hydrolysis) is 1. The van der Waals surface area contributed by atoms with Gasteiger partial charge in [-0.1, -0.05) is 27.2 Å². The van der Waals surface area contributed by atoms with Crippen LogP contribution in [0.4, 0.5) is 4.79 Å². The van der Waals surface area contributed by atoms with Crippen LogP contribution in [0.15, 0.2) is 0 Å². The molecule has 0 bridgehead atoms. The lowest BCUT2D eigenvalue weighted by molar-refractivity contribution is -0.168. The van der Waals surface area contributed by atoms with Gasteiger partial charge in [-0.2, -0.15) is 0 Å². The van der Waals surface area contributed by atoms with Gasteiger partial charge in [0.2, 0.25) is 13.7 Å². The van der Waals surface area contributed by atoms with Gasteiger partial charge < -0.3 is 19.5 Å². The second-order valence-corrected chi connectivity index (χ2v) is 8.25. The minimum Gasteiger partial charge on any atom is -0.425 e. The van der Waals surface area contributed by atoms with Crippen molar-refractivity contribution in [2.24, 2.45) is 5.92 Å². The predicted molar refractivity (Wildman–Crippen MR) is 85.1 cm³/mol. The summed E-state index contributed by atoms with van der Waals surface area (Å²) in [6, 6.07) is 0. The number of esters is 1. The molecule has 0 radical (unpaired) electrons. The molecule has 23 heavy (non-hydrogen) atoms. The molecule has 0 aromatic heterocycles. The normalized spacial score (nSPS) is 16.3. The van der Waals surface area contributed by atoms with Crippen molar-refractivity contribution in [2.75, 3.05) is 12.3 Å². The highest BCUT2D eigenvalue weighted by molar-refractivity contribution is 7.57. The van der Waals surface area contributed by atoms with Gasteiger partial charge in [0.15, 0.2) is 0 Å². The molecule has 0 saturated heterocycles. The fourth-order valence-corrected chi connectivity index (χ4v) is 3.24. The quantitative estimate of drug-likeness (QED) is 0.312. The second-order valence-electron chi connectivity index (χ2n) is 5.66. The van der Waals surface area contributed by atoms with Gasteiger partial charge in [-0.15, -0.1) is 0 Å². The number of carbonyl (C=O) groups excluding carboxylic acids is 2. The van der Waals surface area contributed by atoms with Gasteiger partial charge in [-0.3, -0.25) is 14.7 Å². The molecule has 0 aromatic rings. The molecule has 9 heteroatoms. The molecule has 0 heterocycles. The number of aliphatic hydroxyl groups is 1. The van der Waals surface area contributed by atoms with Gasteiger partial charge >= 0.3 is 12.1 Å². The Morgan fingerprint density at radius 3 is 2.30 bits per heavy atom. The van der Waals surface area contributed by atoms with Crippen molar-refractivity contribution in [3.8, 4) is 0 Å². The number of hydrogen-bond donors (Lipinski definition) is 3. The predicted octanol–water partition coefficient (Wildman–Crippen LogP) is 2.04. The molecule has 3 N–H and O–H groups in total. The van der Waals surface area contributed by atoms with Crippen molar-refractivity contribution in [1.82, 2.24) is 5.32 Å². The third kappa shape index (κ3) is 11.1. The van der Waals surface area contributed by atoms with Crippen LogP contribution in [0.1, 0.15) is 47.0 Å². The number of carbonyl (C=O) groups is 2. The first-order valence-corrected chi connectivity index (χ1v) is 9.77. The largest absolute Gasteiger partial charge is 0.425 e. The Bertz CT molecular complexity index is 427. The molecule has 0 aliphatic carbocycles. The zero-order valence-corrected chi connectivity index (χ0v) is 15.0. The van der Waals surface area contributed by atoms with E-state index in [4.69, 9.17) is 9.47 Å². The Balaban J connectivity index is 4.10. The summed E-state index contributed by atoms with van der Waals surface area (Å²) in [5, 5.41) is 11.8. The number of nitrogens with one attached hydrogen (secondary N) is 1. The first-order chi connectivity index (χ1) is 10.6. The first-order valence-electron chi connectivity index (χ1n) is 7.74. The molecule has 1 amide bonds. The zero-order chi connectivity index (χ0) is 18.0. The molecule has 0 fully saturated rings. The van der Waals surface area contributed by atoms with Gasteiger partial charge in [-0.25, -0.2) is 4.79 Å². The maximum atomic E-state index is 11.8. The molecule has 0 saturated carbocycles. The highest BCUT2D eigenvalue weighted by atomic mass is 31.2. The van der Waals surface area contributed by atoms with Crippen LogP contribution < -0.4 is 5.32 Å². The number of amides is 1. The standard InChI is InChI=1S/C14H28NO7P/c1-5-6-8-23(19,20)9-7-12(16)15-14(18)22-11(4)21-13(17)10(2)3/h10-12,16H,5-9H2,1-4H3,(H,15,18)(H,19,20). The fourth-order valence-electron chi connectivity index (χ4n) is 1.56. The SMILES string of the molecule is CCCCP(=O)(O)CCC(O)NC(=O)OC(C)OC(=O)C(C)C. The lowest BCUT2D eigenvalue weighted by atomic mass is 10.2. The summed E-state index contributed by atoms with van der Waals surface area (Å²) in [4.78, 5) is 32.5. The monoisotopic (exact) mass is 353 g/mol. The molecule has 0 aromatic carbocycles. The number of unbranched alkanes of at least 4 members (excludes halogenated alkanes) is 1. The van der Waals surface area contributed by atoms with E-state index in [0.717, 1.165) is 6.42 Å². The molecule has 0 rings (SSSR count). The maximum Gasteiger partial charge on any atom is 0.412 e.